The molecule has 0 spiro atoms. The van der Waals surface area contributed by atoms with Crippen LogP contribution in [0.25, 0.3) is 0 Å². The Morgan fingerprint density at radius 3 is 2.59 bits per heavy atom. The van der Waals surface area contributed by atoms with Crippen LogP contribution >= 0.6 is 15.9 Å². The van der Waals surface area contributed by atoms with Gasteiger partial charge in [-0.05, 0) is 28.1 Å². The van der Waals surface area contributed by atoms with Gasteiger partial charge in [0.25, 0.3) is 17.7 Å². The van der Waals surface area contributed by atoms with Gasteiger partial charge in [-0.25, -0.2) is 4.98 Å². The molecular weight excluding hydrogens is 358 g/mol. The van der Waals surface area contributed by atoms with Crippen molar-refractivity contribution in [1.29, 1.82) is 0 Å². The Bertz CT molecular complexity index is 688. The molecule has 0 aliphatic carbocycles. The Balaban J connectivity index is 1.74. The van der Waals surface area contributed by atoms with Gasteiger partial charge in [-0.3, -0.25) is 30.2 Å². The fourth-order valence-electron chi connectivity index (χ4n) is 1.34. The lowest BCUT2D eigenvalue weighted by Gasteiger charge is -2.07. The first kappa shape index (κ1) is 15.6. The zero-order valence-corrected chi connectivity index (χ0v) is 12.6. The molecular formula is C12H10BrN5O4. The van der Waals surface area contributed by atoms with E-state index in [1.54, 1.807) is 6.07 Å². The molecule has 0 saturated heterocycles. The van der Waals surface area contributed by atoms with Crippen LogP contribution in [0.3, 0.4) is 0 Å². The number of carbonyl (C=O) groups excluding carboxylic acids is 3. The third-order valence-corrected chi connectivity index (χ3v) is 2.74. The van der Waals surface area contributed by atoms with Crippen molar-refractivity contribution in [3.63, 3.8) is 0 Å². The van der Waals surface area contributed by atoms with Crippen LogP contribution in [0, 0.1) is 0 Å². The Labute approximate surface area is 132 Å². The molecule has 0 aliphatic heterocycles. The highest BCUT2D eigenvalue weighted by Crippen LogP contribution is 2.13. The van der Waals surface area contributed by atoms with E-state index < -0.39 is 17.7 Å². The largest absolute Gasteiger partial charge is 0.444 e. The fraction of sp³-hybridized carbons (Fsp3) is 0.0833. The standard InChI is InChI=1S/C12H10BrN5O4/c13-9-2-1-8(22-9)12(21)16-6-10(19)17-18-11(20)7-5-14-3-4-15-7/h1-5H,6H2,(H,16,21)(H,17,19)(H,18,20). The third-order valence-electron chi connectivity index (χ3n) is 2.32. The number of carbonyl (C=O) groups is 3. The van der Waals surface area contributed by atoms with E-state index in [9.17, 15) is 14.4 Å². The first-order valence-corrected chi connectivity index (χ1v) is 6.74. The van der Waals surface area contributed by atoms with Crippen molar-refractivity contribution >= 4 is 33.7 Å². The maximum Gasteiger partial charge on any atom is 0.289 e. The zero-order valence-electron chi connectivity index (χ0n) is 11.0. The molecule has 2 aromatic rings. The first-order valence-electron chi connectivity index (χ1n) is 5.95. The first-order chi connectivity index (χ1) is 10.6. The average molecular weight is 368 g/mol. The molecule has 0 radical (unpaired) electrons. The highest BCUT2D eigenvalue weighted by Gasteiger charge is 2.12. The molecule has 3 N–H and O–H groups in total. The fourth-order valence-corrected chi connectivity index (χ4v) is 1.64. The normalized spacial score (nSPS) is 9.86. The van der Waals surface area contributed by atoms with Gasteiger partial charge >= 0.3 is 0 Å². The summed E-state index contributed by atoms with van der Waals surface area (Å²) < 4.78 is 5.42. The number of amides is 3. The molecule has 2 rings (SSSR count). The van der Waals surface area contributed by atoms with Crippen molar-refractivity contribution in [2.24, 2.45) is 0 Å². The average Bonchev–Trinajstić information content (AvgIpc) is 2.97. The van der Waals surface area contributed by atoms with Crippen molar-refractivity contribution < 1.29 is 18.8 Å². The number of nitrogens with one attached hydrogen (secondary N) is 3. The van der Waals surface area contributed by atoms with Crippen LogP contribution in [-0.4, -0.2) is 34.2 Å². The number of furan rings is 1. The minimum atomic E-state index is -0.622. The van der Waals surface area contributed by atoms with Gasteiger partial charge in [-0.2, -0.15) is 0 Å². The Kier molecular flexibility index (Phi) is 5.20. The smallest absolute Gasteiger partial charge is 0.289 e. The number of aromatic nitrogens is 2. The molecule has 22 heavy (non-hydrogen) atoms. The van der Waals surface area contributed by atoms with Crippen molar-refractivity contribution in [3.8, 4) is 0 Å². The molecule has 10 heteroatoms. The summed E-state index contributed by atoms with van der Waals surface area (Å²) >= 11 is 3.06. The van der Waals surface area contributed by atoms with Crippen molar-refractivity contribution in [2.75, 3.05) is 6.54 Å². The monoisotopic (exact) mass is 367 g/mol. The Morgan fingerprint density at radius 2 is 1.95 bits per heavy atom. The van der Waals surface area contributed by atoms with Gasteiger partial charge in [0.05, 0.1) is 12.7 Å². The van der Waals surface area contributed by atoms with Crippen molar-refractivity contribution in [3.05, 3.63) is 46.8 Å². The quantitative estimate of drug-likeness (QED) is 0.654. The maximum absolute atomic E-state index is 11.6. The van der Waals surface area contributed by atoms with E-state index in [-0.39, 0.29) is 18.0 Å². The van der Waals surface area contributed by atoms with E-state index in [4.69, 9.17) is 4.42 Å². The van der Waals surface area contributed by atoms with Crippen molar-refractivity contribution in [2.45, 2.75) is 0 Å². The minimum Gasteiger partial charge on any atom is -0.444 e. The van der Waals surface area contributed by atoms with Crippen LogP contribution < -0.4 is 16.2 Å². The summed E-state index contributed by atoms with van der Waals surface area (Å²) in [6.45, 7) is -0.335. The molecule has 0 aliphatic rings. The van der Waals surface area contributed by atoms with Crippen LogP contribution in [0.2, 0.25) is 0 Å². The second-order valence-corrected chi connectivity index (χ2v) is 4.66. The molecule has 0 saturated carbocycles. The van der Waals surface area contributed by atoms with E-state index in [1.807, 2.05) is 0 Å². The predicted molar refractivity (Wildman–Crippen MR) is 76.4 cm³/mol. The summed E-state index contributed by atoms with van der Waals surface area (Å²) in [5, 5.41) is 2.33. The number of hydrazine groups is 1. The van der Waals surface area contributed by atoms with Crippen LogP contribution in [-0.2, 0) is 4.79 Å². The summed E-state index contributed by atoms with van der Waals surface area (Å²) in [5.74, 6) is -1.73. The number of nitrogens with zero attached hydrogens (tertiary/aromatic N) is 2. The molecule has 0 bridgehead atoms. The molecule has 114 valence electrons. The summed E-state index contributed by atoms with van der Waals surface area (Å²) in [4.78, 5) is 42.2. The second kappa shape index (κ2) is 7.31. The highest BCUT2D eigenvalue weighted by atomic mass is 79.9. The highest BCUT2D eigenvalue weighted by molar-refractivity contribution is 9.10. The lowest BCUT2D eigenvalue weighted by Crippen LogP contribution is -2.46. The Hall–Kier alpha value is -2.75. The minimum absolute atomic E-state index is 0.0484. The van der Waals surface area contributed by atoms with Gasteiger partial charge in [0.2, 0.25) is 0 Å². The molecule has 3 amide bonds. The molecule has 9 nitrogen and oxygen atoms in total. The van der Waals surface area contributed by atoms with Crippen LogP contribution in [0.15, 0.2) is 39.8 Å². The van der Waals surface area contributed by atoms with Crippen LogP contribution in [0.5, 0.6) is 0 Å². The van der Waals surface area contributed by atoms with Gasteiger partial charge < -0.3 is 9.73 Å². The van der Waals surface area contributed by atoms with Crippen LogP contribution in [0.4, 0.5) is 0 Å². The van der Waals surface area contributed by atoms with E-state index in [0.29, 0.717) is 4.67 Å². The summed E-state index contributed by atoms with van der Waals surface area (Å²) in [5.41, 5.74) is 4.32. The molecule has 2 heterocycles. The third kappa shape index (κ3) is 4.38. The number of hydrogen-bond donors (Lipinski definition) is 3. The lowest BCUT2D eigenvalue weighted by atomic mass is 10.4. The molecule has 0 aromatic carbocycles. The number of rotatable bonds is 4. The second-order valence-electron chi connectivity index (χ2n) is 3.88. The predicted octanol–water partition coefficient (Wildman–Crippen LogP) is 0.0231. The van der Waals surface area contributed by atoms with E-state index >= 15 is 0 Å². The van der Waals surface area contributed by atoms with E-state index in [0.717, 1.165) is 0 Å². The zero-order chi connectivity index (χ0) is 15.9. The molecule has 2 aromatic heterocycles. The summed E-state index contributed by atoms with van der Waals surface area (Å²) in [6.07, 6.45) is 4.01. The summed E-state index contributed by atoms with van der Waals surface area (Å²) in [7, 11) is 0. The Morgan fingerprint density at radius 1 is 1.14 bits per heavy atom. The SMILES string of the molecule is O=C(CNC(=O)c1ccc(Br)o1)NNC(=O)c1cnccn1. The van der Waals surface area contributed by atoms with Gasteiger partial charge in [0.15, 0.2) is 10.4 Å². The molecule has 0 atom stereocenters. The van der Waals surface area contributed by atoms with Gasteiger partial charge in [0, 0.05) is 12.4 Å². The van der Waals surface area contributed by atoms with Gasteiger partial charge in [-0.1, -0.05) is 0 Å². The van der Waals surface area contributed by atoms with E-state index in [2.05, 4.69) is 42.1 Å². The molecule has 0 fully saturated rings. The molecule has 0 unspecified atom stereocenters. The lowest BCUT2D eigenvalue weighted by molar-refractivity contribution is -0.120. The number of halogens is 1. The maximum atomic E-state index is 11.6. The topological polar surface area (TPSA) is 126 Å². The van der Waals surface area contributed by atoms with Crippen LogP contribution in [0.1, 0.15) is 21.0 Å². The number of hydrogen-bond acceptors (Lipinski definition) is 6. The van der Waals surface area contributed by atoms with E-state index in [1.165, 1.54) is 24.7 Å². The summed E-state index contributed by atoms with van der Waals surface area (Å²) in [6, 6.07) is 3.00. The van der Waals surface area contributed by atoms with Gasteiger partial charge in [0.1, 0.15) is 5.69 Å². The van der Waals surface area contributed by atoms with Gasteiger partial charge in [-0.15, -0.1) is 0 Å². The van der Waals surface area contributed by atoms with Crippen molar-refractivity contribution in [1.82, 2.24) is 26.1 Å².